The van der Waals surface area contributed by atoms with Crippen molar-refractivity contribution in [3.8, 4) is 0 Å². The highest BCUT2D eigenvalue weighted by atomic mass is 32.2. The first-order chi connectivity index (χ1) is 4.79. The van der Waals surface area contributed by atoms with E-state index in [1.807, 2.05) is 11.8 Å². The van der Waals surface area contributed by atoms with Gasteiger partial charge in [0.1, 0.15) is 0 Å². The van der Waals surface area contributed by atoms with E-state index in [1.54, 1.807) is 0 Å². The van der Waals surface area contributed by atoms with Crippen molar-refractivity contribution in [2.75, 3.05) is 24.7 Å². The van der Waals surface area contributed by atoms with E-state index in [-0.39, 0.29) is 5.91 Å². The van der Waals surface area contributed by atoms with Crippen LogP contribution in [-0.2, 0) is 4.79 Å². The van der Waals surface area contributed by atoms with Gasteiger partial charge in [-0.05, 0) is 0 Å². The van der Waals surface area contributed by atoms with Crippen molar-refractivity contribution in [3.63, 3.8) is 0 Å². The molecule has 0 radical (unpaired) electrons. The van der Waals surface area contributed by atoms with E-state index in [9.17, 15) is 4.79 Å². The molecule has 1 aliphatic rings. The Bertz CT molecular complexity index is 123. The van der Waals surface area contributed by atoms with E-state index in [2.05, 4.69) is 4.90 Å². The molecule has 0 aromatic rings. The molecule has 58 valence electrons. The Morgan fingerprint density at radius 2 is 2.50 bits per heavy atom. The van der Waals surface area contributed by atoms with E-state index in [0.717, 1.165) is 19.0 Å². The van der Waals surface area contributed by atoms with Gasteiger partial charge in [-0.15, -0.1) is 11.8 Å². The standard InChI is InChI=1S/C6H12N2OS/c7-6(9)1-2-8-3-4-10-5-8/h1-5H2,(H2,7,9). The van der Waals surface area contributed by atoms with Gasteiger partial charge in [-0.1, -0.05) is 0 Å². The molecule has 0 bridgehead atoms. The van der Waals surface area contributed by atoms with E-state index in [4.69, 9.17) is 5.73 Å². The number of primary amides is 1. The Kier molecular flexibility index (Phi) is 3.02. The minimum absolute atomic E-state index is 0.197. The number of carbonyl (C=O) groups excluding carboxylic acids is 1. The Morgan fingerprint density at radius 3 is 3.00 bits per heavy atom. The molecule has 2 N–H and O–H groups in total. The predicted molar refractivity (Wildman–Crippen MR) is 42.7 cm³/mol. The quantitative estimate of drug-likeness (QED) is 0.625. The highest BCUT2D eigenvalue weighted by molar-refractivity contribution is 7.99. The summed E-state index contributed by atoms with van der Waals surface area (Å²) in [6, 6.07) is 0. The second kappa shape index (κ2) is 3.83. The molecule has 0 aromatic carbocycles. The van der Waals surface area contributed by atoms with E-state index >= 15 is 0 Å². The fourth-order valence-corrected chi connectivity index (χ4v) is 1.93. The number of hydrogen-bond acceptors (Lipinski definition) is 3. The Balaban J connectivity index is 2.07. The van der Waals surface area contributed by atoms with Gasteiger partial charge < -0.3 is 5.73 Å². The zero-order valence-corrected chi connectivity index (χ0v) is 6.69. The third-order valence-electron chi connectivity index (χ3n) is 1.50. The summed E-state index contributed by atoms with van der Waals surface area (Å²) in [5.74, 6) is 2.06. The van der Waals surface area contributed by atoms with Crippen LogP contribution in [0.1, 0.15) is 6.42 Å². The molecule has 1 rings (SSSR count). The molecular formula is C6H12N2OS. The number of thioether (sulfide) groups is 1. The van der Waals surface area contributed by atoms with Gasteiger partial charge in [-0.25, -0.2) is 0 Å². The topological polar surface area (TPSA) is 46.3 Å². The number of nitrogens with zero attached hydrogens (tertiary/aromatic N) is 1. The number of rotatable bonds is 3. The molecule has 1 aliphatic heterocycles. The maximum Gasteiger partial charge on any atom is 0.218 e. The van der Waals surface area contributed by atoms with Crippen LogP contribution in [0.25, 0.3) is 0 Å². The summed E-state index contributed by atoms with van der Waals surface area (Å²) >= 11 is 1.91. The smallest absolute Gasteiger partial charge is 0.218 e. The van der Waals surface area contributed by atoms with Crippen molar-refractivity contribution < 1.29 is 4.79 Å². The second-order valence-electron chi connectivity index (χ2n) is 2.37. The van der Waals surface area contributed by atoms with Gasteiger partial charge in [0.25, 0.3) is 0 Å². The average molecular weight is 160 g/mol. The van der Waals surface area contributed by atoms with Gasteiger partial charge >= 0.3 is 0 Å². The van der Waals surface area contributed by atoms with Gasteiger partial charge in [0.05, 0.1) is 0 Å². The van der Waals surface area contributed by atoms with Crippen LogP contribution in [0.15, 0.2) is 0 Å². The molecule has 0 spiro atoms. The molecule has 0 aliphatic carbocycles. The number of hydrogen-bond donors (Lipinski definition) is 1. The van der Waals surface area contributed by atoms with Crippen LogP contribution < -0.4 is 5.73 Å². The summed E-state index contributed by atoms with van der Waals surface area (Å²) in [4.78, 5) is 12.6. The van der Waals surface area contributed by atoms with E-state index in [0.29, 0.717) is 6.42 Å². The van der Waals surface area contributed by atoms with E-state index in [1.165, 1.54) is 5.75 Å². The lowest BCUT2D eigenvalue weighted by Crippen LogP contribution is -2.25. The molecule has 0 saturated carbocycles. The molecule has 0 aromatic heterocycles. The molecule has 10 heavy (non-hydrogen) atoms. The third kappa shape index (κ3) is 2.58. The van der Waals surface area contributed by atoms with Crippen LogP contribution in [0.5, 0.6) is 0 Å². The second-order valence-corrected chi connectivity index (χ2v) is 3.45. The van der Waals surface area contributed by atoms with Crippen LogP contribution in [0.4, 0.5) is 0 Å². The fourth-order valence-electron chi connectivity index (χ4n) is 0.897. The normalized spacial score (nSPS) is 19.6. The first kappa shape index (κ1) is 7.88. The molecule has 3 nitrogen and oxygen atoms in total. The maximum absolute atomic E-state index is 10.3. The van der Waals surface area contributed by atoms with Crippen molar-refractivity contribution >= 4 is 17.7 Å². The molecular weight excluding hydrogens is 148 g/mol. The van der Waals surface area contributed by atoms with Gasteiger partial charge in [0.15, 0.2) is 0 Å². The van der Waals surface area contributed by atoms with Crippen LogP contribution in [0, 0.1) is 0 Å². The highest BCUT2D eigenvalue weighted by Crippen LogP contribution is 2.12. The van der Waals surface area contributed by atoms with Gasteiger partial charge in [-0.2, -0.15) is 0 Å². The van der Waals surface area contributed by atoms with Crippen LogP contribution in [-0.4, -0.2) is 35.5 Å². The van der Waals surface area contributed by atoms with Gasteiger partial charge in [0, 0.05) is 31.1 Å². The third-order valence-corrected chi connectivity index (χ3v) is 2.52. The zero-order chi connectivity index (χ0) is 7.40. The highest BCUT2D eigenvalue weighted by Gasteiger charge is 2.11. The molecule has 0 atom stereocenters. The van der Waals surface area contributed by atoms with Crippen LogP contribution in [0.3, 0.4) is 0 Å². The largest absolute Gasteiger partial charge is 0.370 e. The van der Waals surface area contributed by atoms with Crippen molar-refractivity contribution in [1.82, 2.24) is 4.90 Å². The van der Waals surface area contributed by atoms with Crippen molar-refractivity contribution in [2.45, 2.75) is 6.42 Å². The Morgan fingerprint density at radius 1 is 1.70 bits per heavy atom. The lowest BCUT2D eigenvalue weighted by atomic mass is 10.4. The molecule has 4 heteroatoms. The number of nitrogens with two attached hydrogens (primary N) is 1. The summed E-state index contributed by atoms with van der Waals surface area (Å²) in [6.07, 6.45) is 0.501. The average Bonchev–Trinajstić information content (AvgIpc) is 2.34. The van der Waals surface area contributed by atoms with E-state index < -0.39 is 0 Å². The van der Waals surface area contributed by atoms with Gasteiger partial charge in [-0.3, -0.25) is 9.69 Å². The Hall–Kier alpha value is -0.220. The van der Waals surface area contributed by atoms with Crippen molar-refractivity contribution in [2.24, 2.45) is 5.73 Å². The van der Waals surface area contributed by atoms with Crippen molar-refractivity contribution in [3.05, 3.63) is 0 Å². The molecule has 1 heterocycles. The number of amides is 1. The molecule has 1 saturated heterocycles. The summed E-state index contributed by atoms with van der Waals surface area (Å²) < 4.78 is 0. The van der Waals surface area contributed by atoms with Crippen LogP contribution >= 0.6 is 11.8 Å². The Labute approximate surface area is 64.9 Å². The molecule has 1 fully saturated rings. The lowest BCUT2D eigenvalue weighted by Gasteiger charge is -2.10. The zero-order valence-electron chi connectivity index (χ0n) is 5.88. The first-order valence-corrected chi connectivity index (χ1v) is 4.53. The number of carbonyl (C=O) groups is 1. The van der Waals surface area contributed by atoms with Gasteiger partial charge in [0.2, 0.25) is 5.91 Å². The first-order valence-electron chi connectivity index (χ1n) is 3.37. The summed E-state index contributed by atoms with van der Waals surface area (Å²) in [5, 5.41) is 0. The summed E-state index contributed by atoms with van der Waals surface area (Å²) in [6.45, 7) is 1.94. The molecule has 0 unspecified atom stereocenters. The summed E-state index contributed by atoms with van der Waals surface area (Å²) in [5.41, 5.74) is 5.00. The lowest BCUT2D eigenvalue weighted by molar-refractivity contribution is -0.118. The van der Waals surface area contributed by atoms with Crippen LogP contribution in [0.2, 0.25) is 0 Å². The minimum atomic E-state index is -0.197. The summed E-state index contributed by atoms with van der Waals surface area (Å²) in [7, 11) is 0. The minimum Gasteiger partial charge on any atom is -0.370 e. The monoisotopic (exact) mass is 160 g/mol. The SMILES string of the molecule is NC(=O)CCN1CCSC1. The fraction of sp³-hybridized carbons (Fsp3) is 0.833. The predicted octanol–water partition coefficient (Wildman–Crippen LogP) is -0.132. The van der Waals surface area contributed by atoms with Crippen molar-refractivity contribution in [1.29, 1.82) is 0 Å². The molecule has 1 amide bonds. The maximum atomic E-state index is 10.3.